The Morgan fingerprint density at radius 3 is 2.52 bits per heavy atom. The summed E-state index contributed by atoms with van der Waals surface area (Å²) in [7, 11) is 0. The number of rotatable bonds is 7. The summed E-state index contributed by atoms with van der Waals surface area (Å²) in [6, 6.07) is 7.10. The molecule has 2 rings (SSSR count). The molecule has 0 atom stereocenters. The van der Waals surface area contributed by atoms with Gasteiger partial charge >= 0.3 is 6.03 Å². The summed E-state index contributed by atoms with van der Waals surface area (Å²) >= 11 is 5.99. The van der Waals surface area contributed by atoms with Crippen molar-refractivity contribution in [2.45, 2.75) is 26.7 Å². The van der Waals surface area contributed by atoms with E-state index in [0.29, 0.717) is 18.1 Å². The molecular formula is C17H24ClN3O2. The van der Waals surface area contributed by atoms with Crippen LogP contribution in [0.2, 0.25) is 5.02 Å². The third-order valence-corrected chi connectivity index (χ3v) is 4.12. The molecule has 126 valence electrons. The van der Waals surface area contributed by atoms with E-state index in [4.69, 9.17) is 11.6 Å². The Kier molecular flexibility index (Phi) is 6.28. The van der Waals surface area contributed by atoms with Gasteiger partial charge in [-0.15, -0.1) is 0 Å². The van der Waals surface area contributed by atoms with E-state index in [1.54, 1.807) is 21.9 Å². The van der Waals surface area contributed by atoms with E-state index in [0.717, 1.165) is 31.6 Å². The molecule has 3 amide bonds. The van der Waals surface area contributed by atoms with Crippen LogP contribution in [-0.2, 0) is 4.79 Å². The number of carbonyl (C=O) groups is 2. The van der Waals surface area contributed by atoms with Gasteiger partial charge in [0.25, 0.3) is 0 Å². The van der Waals surface area contributed by atoms with Crippen molar-refractivity contribution in [2.75, 3.05) is 37.6 Å². The fourth-order valence-electron chi connectivity index (χ4n) is 2.78. The molecule has 1 heterocycles. The summed E-state index contributed by atoms with van der Waals surface area (Å²) in [5.41, 5.74) is 0.774. The van der Waals surface area contributed by atoms with E-state index in [2.05, 4.69) is 13.8 Å². The topological polar surface area (TPSA) is 43.9 Å². The molecule has 5 nitrogen and oxygen atoms in total. The van der Waals surface area contributed by atoms with Crippen molar-refractivity contribution in [3.63, 3.8) is 0 Å². The van der Waals surface area contributed by atoms with Crippen molar-refractivity contribution in [1.29, 1.82) is 0 Å². The zero-order chi connectivity index (χ0) is 16.8. The van der Waals surface area contributed by atoms with E-state index in [9.17, 15) is 9.59 Å². The van der Waals surface area contributed by atoms with Gasteiger partial charge in [-0.3, -0.25) is 9.69 Å². The lowest BCUT2D eigenvalue weighted by Crippen LogP contribution is -2.42. The fraction of sp³-hybridized carbons (Fsp3) is 0.529. The number of benzene rings is 1. The van der Waals surface area contributed by atoms with Crippen LogP contribution in [0.15, 0.2) is 24.3 Å². The minimum atomic E-state index is -0.131. The minimum absolute atomic E-state index is 0.0231. The smallest absolute Gasteiger partial charge is 0.325 e. The van der Waals surface area contributed by atoms with E-state index in [1.165, 1.54) is 0 Å². The Morgan fingerprint density at radius 2 is 1.91 bits per heavy atom. The maximum Gasteiger partial charge on any atom is 0.325 e. The van der Waals surface area contributed by atoms with E-state index >= 15 is 0 Å². The van der Waals surface area contributed by atoms with E-state index in [-0.39, 0.29) is 18.5 Å². The van der Waals surface area contributed by atoms with Gasteiger partial charge in [0.15, 0.2) is 0 Å². The molecule has 0 unspecified atom stereocenters. The van der Waals surface area contributed by atoms with Crippen molar-refractivity contribution in [1.82, 2.24) is 9.80 Å². The minimum Gasteiger partial charge on any atom is -0.341 e. The SMILES string of the molecule is CCCN(CCC)C(=O)CN1CCN(c2cccc(Cl)c2)C1=O. The molecule has 1 aromatic carbocycles. The third kappa shape index (κ3) is 4.38. The Labute approximate surface area is 142 Å². The molecule has 1 saturated heterocycles. The number of amides is 3. The highest BCUT2D eigenvalue weighted by Gasteiger charge is 2.31. The molecule has 23 heavy (non-hydrogen) atoms. The van der Waals surface area contributed by atoms with Crippen LogP contribution in [0.1, 0.15) is 26.7 Å². The average Bonchev–Trinajstić information content (AvgIpc) is 2.88. The summed E-state index contributed by atoms with van der Waals surface area (Å²) in [6.07, 6.45) is 1.85. The Balaban J connectivity index is 2.00. The van der Waals surface area contributed by atoms with Gasteiger partial charge in [0, 0.05) is 36.9 Å². The van der Waals surface area contributed by atoms with E-state index in [1.807, 2.05) is 17.0 Å². The molecule has 1 fully saturated rings. The maximum absolute atomic E-state index is 12.5. The van der Waals surface area contributed by atoms with Crippen LogP contribution in [-0.4, -0.2) is 54.5 Å². The first-order valence-corrected chi connectivity index (χ1v) is 8.54. The quantitative estimate of drug-likeness (QED) is 0.766. The highest BCUT2D eigenvalue weighted by atomic mass is 35.5. The van der Waals surface area contributed by atoms with Crippen LogP contribution >= 0.6 is 11.6 Å². The first-order chi connectivity index (χ1) is 11.1. The Morgan fingerprint density at radius 1 is 1.22 bits per heavy atom. The van der Waals surface area contributed by atoms with Crippen molar-refractivity contribution in [3.05, 3.63) is 29.3 Å². The summed E-state index contributed by atoms with van der Waals surface area (Å²) in [5.74, 6) is 0.0231. The number of anilines is 1. The van der Waals surface area contributed by atoms with Gasteiger partial charge in [0.1, 0.15) is 6.54 Å². The number of hydrogen-bond donors (Lipinski definition) is 0. The first-order valence-electron chi connectivity index (χ1n) is 8.16. The van der Waals surface area contributed by atoms with Crippen LogP contribution in [0.4, 0.5) is 10.5 Å². The number of nitrogens with zero attached hydrogens (tertiary/aromatic N) is 3. The van der Waals surface area contributed by atoms with Crippen LogP contribution in [0.25, 0.3) is 0 Å². The number of carbonyl (C=O) groups excluding carboxylic acids is 2. The molecule has 0 spiro atoms. The van der Waals surface area contributed by atoms with Crippen LogP contribution in [0.3, 0.4) is 0 Å². The van der Waals surface area contributed by atoms with Crippen LogP contribution < -0.4 is 4.90 Å². The molecule has 0 bridgehead atoms. The van der Waals surface area contributed by atoms with Crippen LogP contribution in [0.5, 0.6) is 0 Å². The van der Waals surface area contributed by atoms with Gasteiger partial charge in [-0.05, 0) is 31.0 Å². The summed E-state index contributed by atoms with van der Waals surface area (Å²) in [6.45, 7) is 6.88. The molecule has 0 aromatic heterocycles. The standard InChI is InChI=1S/C17H24ClN3O2/c1-3-8-19(9-4-2)16(22)13-20-10-11-21(17(20)23)15-7-5-6-14(18)12-15/h5-7,12H,3-4,8-11,13H2,1-2H3. The van der Waals surface area contributed by atoms with Crippen molar-refractivity contribution < 1.29 is 9.59 Å². The maximum atomic E-state index is 12.5. The zero-order valence-electron chi connectivity index (χ0n) is 13.8. The Hall–Kier alpha value is -1.75. The van der Waals surface area contributed by atoms with Gasteiger partial charge in [-0.2, -0.15) is 0 Å². The summed E-state index contributed by atoms with van der Waals surface area (Å²) in [4.78, 5) is 30.1. The first kappa shape index (κ1) is 17.6. The number of hydrogen-bond acceptors (Lipinski definition) is 2. The van der Waals surface area contributed by atoms with Crippen molar-refractivity contribution in [2.24, 2.45) is 0 Å². The lowest BCUT2D eigenvalue weighted by Gasteiger charge is -2.25. The number of halogens is 1. The second kappa shape index (κ2) is 8.20. The van der Waals surface area contributed by atoms with Gasteiger partial charge < -0.3 is 9.80 Å². The van der Waals surface area contributed by atoms with Gasteiger partial charge in [-0.25, -0.2) is 4.79 Å². The van der Waals surface area contributed by atoms with E-state index < -0.39 is 0 Å². The van der Waals surface area contributed by atoms with Gasteiger partial charge in [-0.1, -0.05) is 31.5 Å². The molecular weight excluding hydrogens is 314 g/mol. The molecule has 1 aromatic rings. The van der Waals surface area contributed by atoms with Crippen molar-refractivity contribution >= 4 is 29.2 Å². The lowest BCUT2D eigenvalue weighted by atomic mass is 10.3. The summed E-state index contributed by atoms with van der Waals surface area (Å²) in [5, 5.41) is 0.599. The molecule has 6 heteroatoms. The molecule has 0 N–H and O–H groups in total. The molecule has 1 aliphatic rings. The van der Waals surface area contributed by atoms with Gasteiger partial charge in [0.2, 0.25) is 5.91 Å². The second-order valence-corrected chi connectivity index (χ2v) is 6.15. The van der Waals surface area contributed by atoms with Gasteiger partial charge in [0.05, 0.1) is 0 Å². The zero-order valence-corrected chi connectivity index (χ0v) is 14.6. The number of urea groups is 1. The molecule has 1 aliphatic heterocycles. The predicted molar refractivity (Wildman–Crippen MR) is 92.9 cm³/mol. The molecule has 0 saturated carbocycles. The molecule has 0 aliphatic carbocycles. The Bertz CT molecular complexity index is 559. The van der Waals surface area contributed by atoms with Crippen molar-refractivity contribution in [3.8, 4) is 0 Å². The highest BCUT2D eigenvalue weighted by molar-refractivity contribution is 6.30. The predicted octanol–water partition coefficient (Wildman–Crippen LogP) is 3.23. The monoisotopic (exact) mass is 337 g/mol. The lowest BCUT2D eigenvalue weighted by molar-refractivity contribution is -0.131. The van der Waals surface area contributed by atoms with Crippen LogP contribution in [0, 0.1) is 0 Å². The normalized spacial score (nSPS) is 14.5. The fourth-order valence-corrected chi connectivity index (χ4v) is 2.96. The largest absolute Gasteiger partial charge is 0.341 e. The average molecular weight is 338 g/mol. The third-order valence-electron chi connectivity index (χ3n) is 3.88. The summed E-state index contributed by atoms with van der Waals surface area (Å²) < 4.78 is 0. The molecule has 0 radical (unpaired) electrons. The second-order valence-electron chi connectivity index (χ2n) is 5.72. The highest BCUT2D eigenvalue weighted by Crippen LogP contribution is 2.23.